The fourth-order valence-electron chi connectivity index (χ4n) is 4.45. The molecule has 1 aromatic heterocycles. The van der Waals surface area contributed by atoms with Crippen molar-refractivity contribution in [2.24, 2.45) is 5.92 Å². The van der Waals surface area contributed by atoms with Crippen LogP contribution in [-0.4, -0.2) is 46.6 Å². The Morgan fingerprint density at radius 3 is 2.53 bits per heavy atom. The summed E-state index contributed by atoms with van der Waals surface area (Å²) < 4.78 is 4.71. The van der Waals surface area contributed by atoms with Gasteiger partial charge in [-0.1, -0.05) is 76.1 Å². The lowest BCUT2D eigenvalue weighted by Gasteiger charge is -2.30. The summed E-state index contributed by atoms with van der Waals surface area (Å²) in [6.45, 7) is 18.9. The highest BCUT2D eigenvalue weighted by molar-refractivity contribution is 5.86. The molecule has 1 fully saturated rings. The molecule has 2 N–H and O–H groups in total. The molecule has 1 saturated heterocycles. The number of nitrogens with one attached hydrogen (secondary N) is 2. The summed E-state index contributed by atoms with van der Waals surface area (Å²) in [5.74, 6) is 0.469. The summed E-state index contributed by atoms with van der Waals surface area (Å²) in [4.78, 5) is 34.8. The highest BCUT2D eigenvalue weighted by atomic mass is 16.5. The van der Waals surface area contributed by atoms with Gasteiger partial charge in [-0.25, -0.2) is 9.78 Å². The Labute approximate surface area is 225 Å². The Morgan fingerprint density at radius 2 is 1.87 bits per heavy atom. The van der Waals surface area contributed by atoms with E-state index in [0.717, 1.165) is 45.7 Å². The SMILES string of the molecule is C=C(/C=C\C(=C)c1cnc(C2CCCN2C(=O)C(NC(=O)OC)C(C)C)[nH]1)C(=C)/C=c1/cccc/c1=C/C. The molecule has 38 heavy (non-hydrogen) atoms. The van der Waals surface area contributed by atoms with Crippen LogP contribution in [0.3, 0.4) is 0 Å². The van der Waals surface area contributed by atoms with E-state index >= 15 is 0 Å². The van der Waals surface area contributed by atoms with Crippen molar-refractivity contribution in [1.82, 2.24) is 20.2 Å². The molecular formula is C31H38N4O3. The number of aromatic nitrogens is 2. The lowest BCUT2D eigenvalue weighted by molar-refractivity contribution is -0.135. The second-order valence-corrected chi connectivity index (χ2v) is 9.70. The first-order valence-corrected chi connectivity index (χ1v) is 12.8. The number of allylic oxidation sites excluding steroid dienone is 5. The Balaban J connectivity index is 1.71. The van der Waals surface area contributed by atoms with Crippen LogP contribution >= 0.6 is 0 Å². The topological polar surface area (TPSA) is 87.3 Å². The van der Waals surface area contributed by atoms with Crippen molar-refractivity contribution in [1.29, 1.82) is 0 Å². The van der Waals surface area contributed by atoms with Crippen LogP contribution in [0.4, 0.5) is 4.79 Å². The fourth-order valence-corrected chi connectivity index (χ4v) is 4.45. The third-order valence-electron chi connectivity index (χ3n) is 6.72. The number of likely N-dealkylation sites (tertiary alicyclic amines) is 1. The van der Waals surface area contributed by atoms with E-state index in [1.165, 1.54) is 7.11 Å². The maximum absolute atomic E-state index is 13.3. The van der Waals surface area contributed by atoms with Crippen LogP contribution in [0.5, 0.6) is 0 Å². The van der Waals surface area contributed by atoms with Gasteiger partial charge in [0.1, 0.15) is 11.9 Å². The number of alkyl carbamates (subject to hydrolysis) is 1. The second kappa shape index (κ2) is 12.9. The molecule has 0 radical (unpaired) electrons. The van der Waals surface area contributed by atoms with Crippen LogP contribution in [0.1, 0.15) is 51.2 Å². The number of rotatable bonds is 9. The van der Waals surface area contributed by atoms with Crippen LogP contribution in [-0.2, 0) is 9.53 Å². The Morgan fingerprint density at radius 1 is 1.16 bits per heavy atom. The zero-order valence-corrected chi connectivity index (χ0v) is 22.8. The molecular weight excluding hydrogens is 476 g/mol. The van der Waals surface area contributed by atoms with E-state index in [1.807, 2.05) is 51.1 Å². The fraction of sp³-hybridized carbons (Fsp3) is 0.323. The first kappa shape index (κ1) is 28.4. The third-order valence-corrected chi connectivity index (χ3v) is 6.72. The third kappa shape index (κ3) is 6.79. The molecule has 7 nitrogen and oxygen atoms in total. The zero-order chi connectivity index (χ0) is 27.8. The van der Waals surface area contributed by atoms with E-state index in [4.69, 9.17) is 4.74 Å². The molecule has 0 aliphatic carbocycles. The smallest absolute Gasteiger partial charge is 0.407 e. The number of carbonyl (C=O) groups excluding carboxylic acids is 2. The molecule has 1 aliphatic rings. The van der Waals surface area contributed by atoms with Crippen molar-refractivity contribution in [3.63, 3.8) is 0 Å². The summed E-state index contributed by atoms with van der Waals surface area (Å²) in [6, 6.07) is 7.25. The van der Waals surface area contributed by atoms with Gasteiger partial charge in [-0.3, -0.25) is 4.79 Å². The molecule has 7 heteroatoms. The Kier molecular flexibility index (Phi) is 9.66. The van der Waals surface area contributed by atoms with Gasteiger partial charge in [0.2, 0.25) is 5.91 Å². The number of H-pyrrole nitrogens is 1. The van der Waals surface area contributed by atoms with Gasteiger partial charge in [0.15, 0.2) is 0 Å². The summed E-state index contributed by atoms with van der Waals surface area (Å²) >= 11 is 0. The molecule has 0 bridgehead atoms. The number of nitrogens with zero attached hydrogens (tertiary/aromatic N) is 2. The van der Waals surface area contributed by atoms with E-state index < -0.39 is 12.1 Å². The molecule has 2 atom stereocenters. The van der Waals surface area contributed by atoms with Crippen molar-refractivity contribution in [3.05, 3.63) is 95.5 Å². The largest absolute Gasteiger partial charge is 0.453 e. The molecule has 0 spiro atoms. The van der Waals surface area contributed by atoms with Gasteiger partial charge in [0.25, 0.3) is 0 Å². The molecule has 1 aliphatic heterocycles. The van der Waals surface area contributed by atoms with Crippen LogP contribution < -0.4 is 15.8 Å². The van der Waals surface area contributed by atoms with Gasteiger partial charge >= 0.3 is 6.09 Å². The van der Waals surface area contributed by atoms with Gasteiger partial charge in [-0.05, 0) is 58.9 Å². The Hall–Kier alpha value is -4.13. The highest BCUT2D eigenvalue weighted by Crippen LogP contribution is 2.32. The van der Waals surface area contributed by atoms with Gasteiger partial charge in [0.05, 0.1) is 25.0 Å². The van der Waals surface area contributed by atoms with Crippen molar-refractivity contribution in [2.75, 3.05) is 13.7 Å². The first-order chi connectivity index (χ1) is 18.2. The minimum atomic E-state index is -0.673. The van der Waals surface area contributed by atoms with E-state index in [-0.39, 0.29) is 17.9 Å². The number of ether oxygens (including phenoxy) is 1. The second-order valence-electron chi connectivity index (χ2n) is 9.70. The monoisotopic (exact) mass is 514 g/mol. The molecule has 2 amide bonds. The number of methoxy groups -OCH3 is 1. The maximum atomic E-state index is 13.3. The number of hydrogen-bond donors (Lipinski definition) is 2. The minimum absolute atomic E-state index is 0.0893. The van der Waals surface area contributed by atoms with E-state index in [9.17, 15) is 9.59 Å². The zero-order valence-electron chi connectivity index (χ0n) is 22.8. The van der Waals surface area contributed by atoms with Gasteiger partial charge in [0, 0.05) is 6.54 Å². The first-order valence-electron chi connectivity index (χ1n) is 12.8. The minimum Gasteiger partial charge on any atom is -0.453 e. The molecule has 2 heterocycles. The van der Waals surface area contributed by atoms with E-state index in [1.54, 1.807) is 11.1 Å². The number of amides is 2. The number of aromatic amines is 1. The highest BCUT2D eigenvalue weighted by Gasteiger charge is 2.37. The Bertz CT molecular complexity index is 1370. The normalized spacial score (nSPS) is 17.2. The van der Waals surface area contributed by atoms with Crippen LogP contribution in [0.25, 0.3) is 17.7 Å². The number of carbonyl (C=O) groups is 2. The predicted molar refractivity (Wildman–Crippen MR) is 153 cm³/mol. The summed E-state index contributed by atoms with van der Waals surface area (Å²) in [6.07, 6.45) is 10.6. The molecule has 200 valence electrons. The summed E-state index contributed by atoms with van der Waals surface area (Å²) in [5.41, 5.74) is 3.09. The summed E-state index contributed by atoms with van der Waals surface area (Å²) in [7, 11) is 1.29. The maximum Gasteiger partial charge on any atom is 0.407 e. The summed E-state index contributed by atoms with van der Waals surface area (Å²) in [5, 5.41) is 4.90. The predicted octanol–water partition coefficient (Wildman–Crippen LogP) is 4.42. The standard InChI is InChI=1S/C31H38N4O3/c1-8-24-12-9-10-13-25(24)18-23(6)21(4)15-16-22(5)26-19-32-29(33-26)27-14-11-17-35(27)30(36)28(20(2)3)34-31(37)38-7/h8-10,12-13,15-16,18-20,27-28H,4-6,11,14,17H2,1-3,7H3,(H,32,33)(H,34,37)/b16-15-,24-8-,25-18-. The number of imidazole rings is 1. The van der Waals surface area contributed by atoms with Crippen molar-refractivity contribution >= 4 is 29.7 Å². The quantitative estimate of drug-likeness (QED) is 0.485. The molecule has 2 unspecified atom stereocenters. The van der Waals surface area contributed by atoms with E-state index in [0.29, 0.717) is 12.4 Å². The average molecular weight is 515 g/mol. The van der Waals surface area contributed by atoms with Crippen LogP contribution in [0.2, 0.25) is 0 Å². The molecule has 2 aromatic rings. The van der Waals surface area contributed by atoms with Crippen LogP contribution in [0, 0.1) is 5.92 Å². The van der Waals surface area contributed by atoms with Crippen molar-refractivity contribution in [3.8, 4) is 0 Å². The number of hydrogen-bond acceptors (Lipinski definition) is 4. The van der Waals surface area contributed by atoms with Crippen molar-refractivity contribution < 1.29 is 14.3 Å². The van der Waals surface area contributed by atoms with E-state index in [2.05, 4.69) is 53.2 Å². The van der Waals surface area contributed by atoms with Crippen LogP contribution in [0.15, 0.2) is 73.5 Å². The molecule has 0 saturated carbocycles. The van der Waals surface area contributed by atoms with Crippen molar-refractivity contribution in [2.45, 2.75) is 45.7 Å². The molecule has 3 rings (SSSR count). The van der Waals surface area contributed by atoms with Gasteiger partial charge in [-0.15, -0.1) is 0 Å². The van der Waals surface area contributed by atoms with Gasteiger partial charge in [-0.2, -0.15) is 0 Å². The number of benzene rings is 1. The lowest BCUT2D eigenvalue weighted by Crippen LogP contribution is -2.51. The average Bonchev–Trinajstić information content (AvgIpc) is 3.59. The van der Waals surface area contributed by atoms with Gasteiger partial charge < -0.3 is 19.9 Å². The lowest BCUT2D eigenvalue weighted by atomic mass is 10.0. The molecule has 1 aromatic carbocycles.